The van der Waals surface area contributed by atoms with Crippen molar-refractivity contribution in [2.24, 2.45) is 0 Å². The fraction of sp³-hybridized carbons (Fsp3) is 0.182. The third-order valence-corrected chi connectivity index (χ3v) is 3.57. The number of aryl methyl sites for hydroxylation is 1. The van der Waals surface area contributed by atoms with Crippen LogP contribution in [0.3, 0.4) is 0 Å². The van der Waals surface area contributed by atoms with Crippen LogP contribution >= 0.6 is 11.3 Å². The summed E-state index contributed by atoms with van der Waals surface area (Å²) < 4.78 is 15.1. The minimum absolute atomic E-state index is 0.135. The van der Waals surface area contributed by atoms with Gasteiger partial charge in [0, 0.05) is 12.0 Å². The lowest BCUT2D eigenvalue weighted by atomic mass is 10.2. The summed E-state index contributed by atoms with van der Waals surface area (Å²) in [7, 11) is 0. The molecule has 0 radical (unpaired) electrons. The van der Waals surface area contributed by atoms with Crippen LogP contribution in [0.15, 0.2) is 18.2 Å². The van der Waals surface area contributed by atoms with Gasteiger partial charge in [0.05, 0.1) is 5.69 Å². The van der Waals surface area contributed by atoms with Crippen LogP contribution < -0.4 is 5.73 Å². The van der Waals surface area contributed by atoms with Crippen molar-refractivity contribution in [1.82, 2.24) is 19.8 Å². The highest BCUT2D eigenvalue weighted by molar-refractivity contribution is 7.19. The van der Waals surface area contributed by atoms with Crippen LogP contribution in [0, 0.1) is 5.82 Å². The molecule has 0 aliphatic rings. The largest absolute Gasteiger partial charge is 0.396 e. The second kappa shape index (κ2) is 4.02. The molecule has 0 unspecified atom stereocenters. The highest BCUT2D eigenvalue weighted by Crippen LogP contribution is 2.27. The van der Waals surface area contributed by atoms with E-state index < -0.39 is 5.82 Å². The molecule has 0 spiro atoms. The lowest BCUT2D eigenvalue weighted by Gasteiger charge is -1.98. The van der Waals surface area contributed by atoms with E-state index in [0.717, 1.165) is 12.2 Å². The van der Waals surface area contributed by atoms with Crippen LogP contribution in [0.2, 0.25) is 0 Å². The van der Waals surface area contributed by atoms with Crippen molar-refractivity contribution in [1.29, 1.82) is 0 Å². The van der Waals surface area contributed by atoms with Gasteiger partial charge in [-0.1, -0.05) is 18.3 Å². The zero-order valence-corrected chi connectivity index (χ0v) is 10.4. The van der Waals surface area contributed by atoms with Crippen molar-refractivity contribution >= 4 is 22.0 Å². The topological polar surface area (TPSA) is 69.1 Å². The van der Waals surface area contributed by atoms with Crippen LogP contribution in [0.4, 0.5) is 10.1 Å². The molecule has 0 aliphatic heterocycles. The standard InChI is InChI=1S/C11H10FN5S/c1-2-9-14-15-11-17(9)16-10(18-11)6-3-4-8(13)7(12)5-6/h3-5H,2,13H2,1H3. The van der Waals surface area contributed by atoms with Crippen LogP contribution in [0.5, 0.6) is 0 Å². The van der Waals surface area contributed by atoms with Gasteiger partial charge in [0.1, 0.15) is 10.8 Å². The summed E-state index contributed by atoms with van der Waals surface area (Å²) >= 11 is 1.37. The van der Waals surface area contributed by atoms with Crippen molar-refractivity contribution < 1.29 is 4.39 Å². The number of hydrogen-bond acceptors (Lipinski definition) is 5. The first-order valence-electron chi connectivity index (χ1n) is 5.45. The Labute approximate surface area is 106 Å². The van der Waals surface area contributed by atoms with Crippen molar-refractivity contribution in [3.8, 4) is 10.6 Å². The van der Waals surface area contributed by atoms with E-state index in [1.54, 1.807) is 10.6 Å². The van der Waals surface area contributed by atoms with Gasteiger partial charge in [-0.3, -0.25) is 0 Å². The van der Waals surface area contributed by atoms with Crippen molar-refractivity contribution in [3.05, 3.63) is 29.8 Å². The number of nitrogens with two attached hydrogens (primary N) is 1. The van der Waals surface area contributed by atoms with Gasteiger partial charge in [0.25, 0.3) is 0 Å². The first kappa shape index (κ1) is 11.1. The Morgan fingerprint density at radius 2 is 2.22 bits per heavy atom. The van der Waals surface area contributed by atoms with Gasteiger partial charge in [-0.15, -0.1) is 10.2 Å². The number of nitrogens with zero attached hydrogens (tertiary/aromatic N) is 4. The maximum atomic E-state index is 13.4. The smallest absolute Gasteiger partial charge is 0.234 e. The molecule has 0 saturated heterocycles. The second-order valence-corrected chi connectivity index (χ2v) is 4.76. The molecule has 1 aromatic carbocycles. The monoisotopic (exact) mass is 263 g/mol. The zero-order valence-electron chi connectivity index (χ0n) is 9.59. The minimum Gasteiger partial charge on any atom is -0.396 e. The molecular weight excluding hydrogens is 253 g/mol. The molecule has 3 rings (SSSR count). The average molecular weight is 263 g/mol. The fourth-order valence-electron chi connectivity index (χ4n) is 1.65. The lowest BCUT2D eigenvalue weighted by Crippen LogP contribution is -1.94. The highest BCUT2D eigenvalue weighted by Gasteiger charge is 2.12. The zero-order chi connectivity index (χ0) is 12.7. The lowest BCUT2D eigenvalue weighted by molar-refractivity contribution is 0.633. The number of hydrogen-bond donors (Lipinski definition) is 1. The van der Waals surface area contributed by atoms with Crippen LogP contribution in [0.1, 0.15) is 12.7 Å². The number of rotatable bonds is 2. The van der Waals surface area contributed by atoms with E-state index in [2.05, 4.69) is 15.3 Å². The molecule has 0 aliphatic carbocycles. The van der Waals surface area contributed by atoms with Crippen molar-refractivity contribution in [2.75, 3.05) is 5.73 Å². The van der Waals surface area contributed by atoms with E-state index in [9.17, 15) is 4.39 Å². The van der Waals surface area contributed by atoms with Gasteiger partial charge >= 0.3 is 0 Å². The van der Waals surface area contributed by atoms with Gasteiger partial charge in [-0.25, -0.2) is 4.39 Å². The number of halogens is 1. The Kier molecular flexibility index (Phi) is 2.48. The molecule has 5 nitrogen and oxygen atoms in total. The molecule has 0 bridgehead atoms. The molecule has 0 atom stereocenters. The maximum absolute atomic E-state index is 13.4. The van der Waals surface area contributed by atoms with E-state index >= 15 is 0 Å². The molecule has 3 aromatic rings. The Hall–Kier alpha value is -2.02. The van der Waals surface area contributed by atoms with Crippen LogP contribution in [-0.4, -0.2) is 19.8 Å². The summed E-state index contributed by atoms with van der Waals surface area (Å²) in [6.07, 6.45) is 0.750. The summed E-state index contributed by atoms with van der Waals surface area (Å²) in [5.74, 6) is 0.359. The summed E-state index contributed by atoms with van der Waals surface area (Å²) in [6, 6.07) is 4.66. The van der Waals surface area contributed by atoms with Crippen LogP contribution in [-0.2, 0) is 6.42 Å². The summed E-state index contributed by atoms with van der Waals surface area (Å²) in [4.78, 5) is 0.707. The second-order valence-electron chi connectivity index (χ2n) is 3.81. The van der Waals surface area contributed by atoms with E-state index in [1.807, 2.05) is 6.92 Å². The Morgan fingerprint density at radius 1 is 1.39 bits per heavy atom. The fourth-order valence-corrected chi connectivity index (χ4v) is 2.51. The number of anilines is 1. The Morgan fingerprint density at radius 3 is 2.94 bits per heavy atom. The number of aromatic nitrogens is 4. The van der Waals surface area contributed by atoms with Gasteiger partial charge in [-0.05, 0) is 18.2 Å². The van der Waals surface area contributed by atoms with Crippen molar-refractivity contribution in [3.63, 3.8) is 0 Å². The van der Waals surface area contributed by atoms with Crippen molar-refractivity contribution in [2.45, 2.75) is 13.3 Å². The highest BCUT2D eigenvalue weighted by atomic mass is 32.1. The minimum atomic E-state index is -0.436. The Bertz CT molecular complexity index is 717. The third kappa shape index (κ3) is 1.63. The average Bonchev–Trinajstić information content (AvgIpc) is 2.92. The maximum Gasteiger partial charge on any atom is 0.234 e. The molecule has 0 amide bonds. The molecule has 0 fully saturated rings. The van der Waals surface area contributed by atoms with Crippen LogP contribution in [0.25, 0.3) is 15.5 Å². The van der Waals surface area contributed by atoms with Gasteiger partial charge < -0.3 is 5.73 Å². The number of fused-ring (bicyclic) bond motifs is 1. The first-order chi connectivity index (χ1) is 8.69. The molecule has 2 heterocycles. The first-order valence-corrected chi connectivity index (χ1v) is 6.27. The Balaban J connectivity index is 2.13. The number of nitrogen functional groups attached to an aromatic ring is 1. The van der Waals surface area contributed by atoms with Gasteiger partial charge in [-0.2, -0.15) is 9.61 Å². The molecule has 2 aromatic heterocycles. The molecule has 7 heteroatoms. The molecule has 0 saturated carbocycles. The SMILES string of the molecule is CCc1nnc2sc(-c3ccc(N)c(F)c3)nn12. The van der Waals surface area contributed by atoms with E-state index in [0.29, 0.717) is 15.5 Å². The van der Waals surface area contributed by atoms with E-state index in [4.69, 9.17) is 5.73 Å². The molecule has 18 heavy (non-hydrogen) atoms. The van der Waals surface area contributed by atoms with Gasteiger partial charge in [0.15, 0.2) is 5.82 Å². The normalized spacial score (nSPS) is 11.2. The third-order valence-electron chi connectivity index (χ3n) is 2.62. The predicted octanol–water partition coefficient (Wildman–Crippen LogP) is 2.14. The molecule has 2 N–H and O–H groups in total. The summed E-state index contributed by atoms with van der Waals surface area (Å²) in [6.45, 7) is 1.98. The molecule has 92 valence electrons. The number of benzene rings is 1. The van der Waals surface area contributed by atoms with Gasteiger partial charge in [0.2, 0.25) is 4.96 Å². The quantitative estimate of drug-likeness (QED) is 0.719. The summed E-state index contributed by atoms with van der Waals surface area (Å²) in [5, 5.41) is 13.1. The van der Waals surface area contributed by atoms with E-state index in [-0.39, 0.29) is 5.69 Å². The van der Waals surface area contributed by atoms with E-state index in [1.165, 1.54) is 23.5 Å². The molecular formula is C11H10FN5S. The predicted molar refractivity (Wildman–Crippen MR) is 67.8 cm³/mol. The summed E-state index contributed by atoms with van der Waals surface area (Å²) in [5.41, 5.74) is 6.28.